The van der Waals surface area contributed by atoms with Gasteiger partial charge in [-0.25, -0.2) is 12.8 Å². The summed E-state index contributed by atoms with van der Waals surface area (Å²) in [4.78, 5) is 13.9. The molecule has 1 aromatic heterocycles. The minimum atomic E-state index is -3.90. The van der Waals surface area contributed by atoms with E-state index < -0.39 is 21.6 Å². The standard InChI is InChI=1S/C23H17ClFNO5S/c1-13-8-14(10-22(27)28)9-19(24)23(13)31-16-4-7-20-18(11-16)21(12-26-20)32(29,30)17-5-2-15(25)3-6-17/h2-9,11-12,26H,10H2,1H3,(H,27,28). The number of carboxylic acids is 1. The topological polar surface area (TPSA) is 96.5 Å². The van der Waals surface area contributed by atoms with Crippen molar-refractivity contribution in [3.05, 3.63) is 82.8 Å². The van der Waals surface area contributed by atoms with Crippen molar-refractivity contribution in [3.8, 4) is 11.5 Å². The number of ether oxygens (including phenoxy) is 1. The molecule has 0 saturated heterocycles. The lowest BCUT2D eigenvalue weighted by Gasteiger charge is -2.13. The van der Waals surface area contributed by atoms with Crippen molar-refractivity contribution < 1.29 is 27.4 Å². The van der Waals surface area contributed by atoms with Gasteiger partial charge >= 0.3 is 5.97 Å². The van der Waals surface area contributed by atoms with Crippen molar-refractivity contribution in [2.75, 3.05) is 0 Å². The van der Waals surface area contributed by atoms with Crippen molar-refractivity contribution in [2.24, 2.45) is 0 Å². The smallest absolute Gasteiger partial charge is 0.307 e. The molecule has 0 aliphatic rings. The number of halogens is 2. The lowest BCUT2D eigenvalue weighted by molar-refractivity contribution is -0.136. The number of hydrogen-bond donors (Lipinski definition) is 2. The first-order valence-corrected chi connectivity index (χ1v) is 11.3. The van der Waals surface area contributed by atoms with E-state index in [1.807, 2.05) is 0 Å². The van der Waals surface area contributed by atoms with Crippen LogP contribution in [0, 0.1) is 12.7 Å². The molecule has 3 aromatic carbocycles. The number of rotatable bonds is 6. The number of aromatic amines is 1. The van der Waals surface area contributed by atoms with Crippen LogP contribution in [0.15, 0.2) is 70.6 Å². The number of hydrogen-bond acceptors (Lipinski definition) is 4. The average molecular weight is 474 g/mol. The molecule has 0 spiro atoms. The Morgan fingerprint density at radius 3 is 2.50 bits per heavy atom. The van der Waals surface area contributed by atoms with E-state index in [9.17, 15) is 17.6 Å². The van der Waals surface area contributed by atoms with Crippen molar-refractivity contribution >= 4 is 38.3 Å². The minimum absolute atomic E-state index is 0.0287. The average Bonchev–Trinajstić information content (AvgIpc) is 3.15. The Kier molecular flexibility index (Phi) is 5.66. The van der Waals surface area contributed by atoms with E-state index in [2.05, 4.69) is 4.98 Å². The number of fused-ring (bicyclic) bond motifs is 1. The van der Waals surface area contributed by atoms with Crippen molar-refractivity contribution in [2.45, 2.75) is 23.1 Å². The summed E-state index contributed by atoms with van der Waals surface area (Å²) in [7, 11) is -3.90. The zero-order valence-corrected chi connectivity index (χ0v) is 18.3. The number of aromatic nitrogens is 1. The fraction of sp³-hybridized carbons (Fsp3) is 0.0870. The highest BCUT2D eigenvalue weighted by atomic mass is 35.5. The molecule has 0 unspecified atom stereocenters. The van der Waals surface area contributed by atoms with Crippen LogP contribution >= 0.6 is 11.6 Å². The van der Waals surface area contributed by atoms with Gasteiger partial charge in [-0.05, 0) is 66.6 Å². The first kappa shape index (κ1) is 21.9. The van der Waals surface area contributed by atoms with Gasteiger partial charge in [0.05, 0.1) is 21.2 Å². The fourth-order valence-corrected chi connectivity index (χ4v) is 5.17. The normalized spacial score (nSPS) is 11.6. The summed E-state index contributed by atoms with van der Waals surface area (Å²) in [5, 5.41) is 9.63. The molecular formula is C23H17ClFNO5S. The van der Waals surface area contributed by atoms with Gasteiger partial charge in [-0.15, -0.1) is 0 Å². The van der Waals surface area contributed by atoms with Crippen molar-refractivity contribution in [1.29, 1.82) is 0 Å². The van der Waals surface area contributed by atoms with Gasteiger partial charge in [-0.3, -0.25) is 4.79 Å². The van der Waals surface area contributed by atoms with E-state index in [0.717, 1.165) is 12.1 Å². The Morgan fingerprint density at radius 2 is 1.84 bits per heavy atom. The summed E-state index contributed by atoms with van der Waals surface area (Å²) in [6.07, 6.45) is 1.22. The fourth-order valence-electron chi connectivity index (χ4n) is 3.43. The molecule has 0 bridgehead atoms. The predicted octanol–water partition coefficient (Wildman–Crippen LogP) is 5.52. The van der Waals surface area contributed by atoms with Crippen molar-refractivity contribution in [1.82, 2.24) is 4.98 Å². The second kappa shape index (κ2) is 8.29. The Bertz CT molecular complexity index is 1420. The largest absolute Gasteiger partial charge is 0.481 e. The predicted molar refractivity (Wildman–Crippen MR) is 118 cm³/mol. The van der Waals surface area contributed by atoms with E-state index >= 15 is 0 Å². The SMILES string of the molecule is Cc1cc(CC(=O)O)cc(Cl)c1Oc1ccc2[nH]cc(S(=O)(=O)c3ccc(F)cc3)c2c1. The zero-order chi connectivity index (χ0) is 23.0. The van der Waals surface area contributed by atoms with Crippen LogP contribution in [0.4, 0.5) is 4.39 Å². The third-order valence-corrected chi connectivity index (χ3v) is 6.98. The van der Waals surface area contributed by atoms with Gasteiger partial charge in [0, 0.05) is 17.1 Å². The molecule has 0 atom stereocenters. The monoisotopic (exact) mass is 473 g/mol. The highest BCUT2D eigenvalue weighted by Crippen LogP contribution is 2.36. The highest BCUT2D eigenvalue weighted by molar-refractivity contribution is 7.91. The molecule has 0 fully saturated rings. The number of benzene rings is 3. The van der Waals surface area contributed by atoms with Gasteiger partial charge in [0.1, 0.15) is 17.3 Å². The molecule has 9 heteroatoms. The van der Waals surface area contributed by atoms with Crippen molar-refractivity contribution in [3.63, 3.8) is 0 Å². The number of aryl methyl sites for hydroxylation is 1. The van der Waals surface area contributed by atoms with Gasteiger partial charge in [0.2, 0.25) is 9.84 Å². The molecule has 4 aromatic rings. The van der Waals surface area contributed by atoms with Crippen LogP contribution in [0.5, 0.6) is 11.5 Å². The summed E-state index contributed by atoms with van der Waals surface area (Å²) in [5.74, 6) is -0.801. The maximum absolute atomic E-state index is 13.2. The van der Waals surface area contributed by atoms with Crippen LogP contribution in [-0.4, -0.2) is 24.5 Å². The zero-order valence-electron chi connectivity index (χ0n) is 16.7. The van der Waals surface area contributed by atoms with Crippen LogP contribution < -0.4 is 4.74 Å². The third kappa shape index (κ3) is 4.19. The first-order valence-electron chi connectivity index (χ1n) is 9.45. The maximum atomic E-state index is 13.2. The van der Waals surface area contributed by atoms with Crippen LogP contribution in [0.3, 0.4) is 0 Å². The molecule has 0 amide bonds. The molecule has 2 N–H and O–H groups in total. The van der Waals surface area contributed by atoms with Gasteiger partial charge < -0.3 is 14.8 Å². The Hall–Kier alpha value is -3.36. The van der Waals surface area contributed by atoms with Gasteiger partial charge in [0.25, 0.3) is 0 Å². The minimum Gasteiger partial charge on any atom is -0.481 e. The Labute approximate surface area is 188 Å². The number of sulfone groups is 1. The van der Waals surface area contributed by atoms with Crippen LogP contribution in [0.25, 0.3) is 10.9 Å². The van der Waals surface area contributed by atoms with E-state index in [4.69, 9.17) is 21.4 Å². The van der Waals surface area contributed by atoms with Crippen LogP contribution in [-0.2, 0) is 21.1 Å². The molecule has 32 heavy (non-hydrogen) atoms. The molecule has 164 valence electrons. The highest BCUT2D eigenvalue weighted by Gasteiger charge is 2.22. The summed E-state index contributed by atoms with van der Waals surface area (Å²) < 4.78 is 45.3. The number of nitrogens with one attached hydrogen (secondary N) is 1. The first-order chi connectivity index (χ1) is 15.1. The maximum Gasteiger partial charge on any atom is 0.307 e. The molecule has 0 saturated carbocycles. The Morgan fingerprint density at radius 1 is 1.12 bits per heavy atom. The van der Waals surface area contributed by atoms with E-state index in [0.29, 0.717) is 33.5 Å². The van der Waals surface area contributed by atoms with Crippen LogP contribution in [0.1, 0.15) is 11.1 Å². The lowest BCUT2D eigenvalue weighted by atomic mass is 10.1. The quantitative estimate of drug-likeness (QED) is 0.359. The number of H-pyrrole nitrogens is 1. The van der Waals surface area contributed by atoms with Crippen LogP contribution in [0.2, 0.25) is 5.02 Å². The van der Waals surface area contributed by atoms with Gasteiger partial charge in [-0.2, -0.15) is 0 Å². The van der Waals surface area contributed by atoms with Gasteiger partial charge in [0.15, 0.2) is 0 Å². The second-order valence-corrected chi connectivity index (χ2v) is 9.54. The Balaban J connectivity index is 1.72. The number of aliphatic carboxylic acids is 1. The third-order valence-electron chi connectivity index (χ3n) is 4.89. The summed E-state index contributed by atoms with van der Waals surface area (Å²) in [6.45, 7) is 1.74. The molecular weight excluding hydrogens is 457 g/mol. The molecule has 4 rings (SSSR count). The molecule has 0 aliphatic heterocycles. The molecule has 0 aliphatic carbocycles. The molecule has 0 radical (unpaired) electrons. The van der Waals surface area contributed by atoms with Gasteiger partial charge in [-0.1, -0.05) is 17.7 Å². The van der Waals surface area contributed by atoms with E-state index in [1.54, 1.807) is 31.2 Å². The van der Waals surface area contributed by atoms with E-state index in [-0.39, 0.29) is 21.2 Å². The molecule has 1 heterocycles. The molecule has 6 nitrogen and oxygen atoms in total. The number of carbonyl (C=O) groups is 1. The second-order valence-electron chi connectivity index (χ2n) is 7.21. The summed E-state index contributed by atoms with van der Waals surface area (Å²) in [5.41, 5.74) is 1.76. The lowest BCUT2D eigenvalue weighted by Crippen LogP contribution is -2.01. The summed E-state index contributed by atoms with van der Waals surface area (Å²) >= 11 is 6.31. The summed E-state index contributed by atoms with van der Waals surface area (Å²) in [6, 6.07) is 12.7. The van der Waals surface area contributed by atoms with E-state index in [1.165, 1.54) is 24.4 Å². The number of carboxylic acid groups (broad SMARTS) is 1.